The van der Waals surface area contributed by atoms with Crippen molar-refractivity contribution in [2.75, 3.05) is 17.3 Å². The Hall–Kier alpha value is -3.22. The molecular weight excluding hydrogens is 468 g/mol. The number of nitrogens with zero attached hydrogens (tertiary/aromatic N) is 1. The summed E-state index contributed by atoms with van der Waals surface area (Å²) in [7, 11) is 1.54. The van der Waals surface area contributed by atoms with Crippen LogP contribution in [0.2, 0.25) is 5.02 Å². The van der Waals surface area contributed by atoms with Crippen LogP contribution in [0.4, 0.5) is 11.4 Å². The maximum absolute atomic E-state index is 13.6. The molecule has 4 rings (SSSR count). The number of aryl methyl sites for hydroxylation is 1. The lowest BCUT2D eigenvalue weighted by atomic mass is 10.1. The minimum atomic E-state index is -0.424. The van der Waals surface area contributed by atoms with Crippen LogP contribution < -0.4 is 15.0 Å². The molecule has 0 atom stereocenters. The molecule has 0 unspecified atom stereocenters. The average molecular weight is 493 g/mol. The Labute approximate surface area is 208 Å². The Morgan fingerprint density at radius 2 is 1.71 bits per heavy atom. The maximum Gasteiger partial charge on any atom is 0.283 e. The number of unbranched alkanes of at least 4 members (excludes halogenated alkanes) is 1. The van der Waals surface area contributed by atoms with Gasteiger partial charge in [-0.2, -0.15) is 0 Å². The van der Waals surface area contributed by atoms with Crippen LogP contribution >= 0.6 is 23.4 Å². The summed E-state index contributed by atoms with van der Waals surface area (Å²) in [4.78, 5) is 29.5. The SMILES string of the molecule is CCCCc1ccc(N2C(=O)C(Nc3cc(Cl)ccc3OC)=C(Sc3ccccc3)C2=O)cc1. The summed E-state index contributed by atoms with van der Waals surface area (Å²) in [6.45, 7) is 2.15. The molecule has 1 heterocycles. The molecule has 0 fully saturated rings. The number of hydrogen-bond donors (Lipinski definition) is 1. The van der Waals surface area contributed by atoms with Crippen molar-refractivity contribution in [3.63, 3.8) is 0 Å². The van der Waals surface area contributed by atoms with Crippen LogP contribution in [0.25, 0.3) is 0 Å². The predicted molar refractivity (Wildman–Crippen MR) is 138 cm³/mol. The summed E-state index contributed by atoms with van der Waals surface area (Å²) in [6, 6.07) is 22.2. The molecule has 0 bridgehead atoms. The number of rotatable bonds is 9. The Bertz CT molecular complexity index is 1230. The summed E-state index contributed by atoms with van der Waals surface area (Å²) in [5.41, 5.74) is 2.42. The largest absolute Gasteiger partial charge is 0.495 e. The monoisotopic (exact) mass is 492 g/mol. The molecule has 0 saturated heterocycles. The first-order valence-corrected chi connectivity index (χ1v) is 12.3. The molecule has 3 aromatic rings. The third-order valence-electron chi connectivity index (χ3n) is 5.44. The van der Waals surface area contributed by atoms with Gasteiger partial charge in [0.05, 0.1) is 18.5 Å². The molecule has 2 amide bonds. The van der Waals surface area contributed by atoms with E-state index in [0.717, 1.165) is 24.2 Å². The molecular formula is C27H25ClN2O3S. The molecule has 34 heavy (non-hydrogen) atoms. The van der Waals surface area contributed by atoms with Gasteiger partial charge in [-0.15, -0.1) is 0 Å². The summed E-state index contributed by atoms with van der Waals surface area (Å²) >= 11 is 7.44. The molecule has 7 heteroatoms. The summed E-state index contributed by atoms with van der Waals surface area (Å²) in [5, 5.41) is 3.61. The molecule has 0 aromatic heterocycles. The number of benzene rings is 3. The molecule has 5 nitrogen and oxygen atoms in total. The van der Waals surface area contributed by atoms with Crippen molar-refractivity contribution in [1.82, 2.24) is 0 Å². The zero-order valence-corrected chi connectivity index (χ0v) is 20.6. The van der Waals surface area contributed by atoms with E-state index in [2.05, 4.69) is 12.2 Å². The smallest absolute Gasteiger partial charge is 0.283 e. The van der Waals surface area contributed by atoms with Gasteiger partial charge in [0.15, 0.2) is 0 Å². The lowest BCUT2D eigenvalue weighted by Gasteiger charge is -2.16. The van der Waals surface area contributed by atoms with Crippen molar-refractivity contribution in [3.8, 4) is 5.75 Å². The normalized spacial score (nSPS) is 13.6. The number of nitrogens with one attached hydrogen (secondary N) is 1. The first kappa shape index (κ1) is 23.9. The lowest BCUT2D eigenvalue weighted by Crippen LogP contribution is -2.32. The molecule has 174 valence electrons. The van der Waals surface area contributed by atoms with E-state index in [0.29, 0.717) is 27.1 Å². The van der Waals surface area contributed by atoms with Crippen LogP contribution in [-0.4, -0.2) is 18.9 Å². The number of thioether (sulfide) groups is 1. The molecule has 0 radical (unpaired) electrons. The minimum absolute atomic E-state index is 0.189. The lowest BCUT2D eigenvalue weighted by molar-refractivity contribution is -0.120. The molecule has 0 aliphatic carbocycles. The number of carbonyl (C=O) groups is 2. The topological polar surface area (TPSA) is 58.6 Å². The van der Waals surface area contributed by atoms with Crippen LogP contribution in [-0.2, 0) is 16.0 Å². The van der Waals surface area contributed by atoms with E-state index in [1.54, 1.807) is 18.2 Å². The summed E-state index contributed by atoms with van der Waals surface area (Å²) in [6.07, 6.45) is 3.17. The highest BCUT2D eigenvalue weighted by Gasteiger charge is 2.40. The van der Waals surface area contributed by atoms with Crippen LogP contribution in [0, 0.1) is 0 Å². The summed E-state index contributed by atoms with van der Waals surface area (Å²) < 4.78 is 5.42. The number of anilines is 2. The van der Waals surface area contributed by atoms with Crippen molar-refractivity contribution < 1.29 is 14.3 Å². The van der Waals surface area contributed by atoms with Crippen LogP contribution in [0.5, 0.6) is 5.75 Å². The molecule has 3 aromatic carbocycles. The van der Waals surface area contributed by atoms with Crippen molar-refractivity contribution in [1.29, 1.82) is 0 Å². The first-order valence-electron chi connectivity index (χ1n) is 11.1. The fourth-order valence-corrected chi connectivity index (χ4v) is 4.78. The minimum Gasteiger partial charge on any atom is -0.495 e. The zero-order chi connectivity index (χ0) is 24.1. The zero-order valence-electron chi connectivity index (χ0n) is 19.0. The van der Waals surface area contributed by atoms with Crippen LogP contribution in [0.15, 0.2) is 88.3 Å². The highest BCUT2D eigenvalue weighted by molar-refractivity contribution is 8.04. The van der Waals surface area contributed by atoms with Gasteiger partial charge in [-0.3, -0.25) is 9.59 Å². The van der Waals surface area contributed by atoms with E-state index in [1.165, 1.54) is 29.3 Å². The van der Waals surface area contributed by atoms with Gasteiger partial charge >= 0.3 is 0 Å². The average Bonchev–Trinajstić information content (AvgIpc) is 3.08. The summed E-state index contributed by atoms with van der Waals surface area (Å²) in [5.74, 6) is -0.282. The molecule has 0 saturated carbocycles. The Kier molecular flexibility index (Phi) is 7.60. The molecule has 1 aliphatic heterocycles. The highest BCUT2D eigenvalue weighted by Crippen LogP contribution is 2.39. The third-order valence-corrected chi connectivity index (χ3v) is 6.77. The van der Waals surface area contributed by atoms with Crippen molar-refractivity contribution in [2.24, 2.45) is 0 Å². The van der Waals surface area contributed by atoms with Gasteiger partial charge in [-0.25, -0.2) is 4.90 Å². The van der Waals surface area contributed by atoms with E-state index >= 15 is 0 Å². The first-order chi connectivity index (χ1) is 16.5. The van der Waals surface area contributed by atoms with E-state index in [1.807, 2.05) is 54.6 Å². The van der Waals surface area contributed by atoms with E-state index in [9.17, 15) is 9.59 Å². The van der Waals surface area contributed by atoms with Crippen molar-refractivity contribution in [3.05, 3.63) is 94.0 Å². The van der Waals surface area contributed by atoms with Gasteiger partial charge in [-0.05, 0) is 60.9 Å². The highest BCUT2D eigenvalue weighted by atomic mass is 35.5. The van der Waals surface area contributed by atoms with E-state index < -0.39 is 5.91 Å². The molecule has 0 spiro atoms. The van der Waals surface area contributed by atoms with Crippen LogP contribution in [0.3, 0.4) is 0 Å². The number of ether oxygens (including phenoxy) is 1. The van der Waals surface area contributed by atoms with Crippen molar-refractivity contribution >= 4 is 46.6 Å². The number of methoxy groups -OCH3 is 1. The number of amides is 2. The second-order valence-corrected chi connectivity index (χ2v) is 9.32. The second-order valence-electron chi connectivity index (χ2n) is 7.80. The number of hydrogen-bond acceptors (Lipinski definition) is 5. The van der Waals surface area contributed by atoms with Crippen LogP contribution in [0.1, 0.15) is 25.3 Å². The third kappa shape index (κ3) is 5.13. The van der Waals surface area contributed by atoms with Gasteiger partial charge in [0.2, 0.25) is 0 Å². The Morgan fingerprint density at radius 1 is 0.971 bits per heavy atom. The van der Waals surface area contributed by atoms with E-state index in [4.69, 9.17) is 16.3 Å². The van der Waals surface area contributed by atoms with Gasteiger partial charge < -0.3 is 10.1 Å². The number of carbonyl (C=O) groups excluding carboxylic acids is 2. The maximum atomic E-state index is 13.6. The van der Waals surface area contributed by atoms with E-state index in [-0.39, 0.29) is 11.6 Å². The van der Waals surface area contributed by atoms with Gasteiger partial charge in [0.25, 0.3) is 11.8 Å². The molecule has 1 N–H and O–H groups in total. The second kappa shape index (κ2) is 10.8. The Morgan fingerprint density at radius 3 is 2.38 bits per heavy atom. The quantitative estimate of drug-likeness (QED) is 0.337. The van der Waals surface area contributed by atoms with Crippen molar-refractivity contribution in [2.45, 2.75) is 31.1 Å². The fraction of sp³-hybridized carbons (Fsp3) is 0.185. The fourth-order valence-electron chi connectivity index (χ4n) is 3.66. The number of halogens is 1. The predicted octanol–water partition coefficient (Wildman–Crippen LogP) is 6.68. The standard InChI is InChI=1S/C27H25ClN2O3S/c1-3-4-8-18-11-14-20(15-12-18)30-26(31)24(29-22-17-19(28)13-16-23(22)33-2)25(27(30)32)34-21-9-6-5-7-10-21/h5-7,9-17,29H,3-4,8H2,1-2H3. The Balaban J connectivity index is 1.71. The van der Waals surface area contributed by atoms with Gasteiger partial charge in [-0.1, -0.05) is 67.0 Å². The number of imide groups is 1. The van der Waals surface area contributed by atoms with Gasteiger partial charge in [0, 0.05) is 9.92 Å². The molecule has 1 aliphatic rings. The van der Waals surface area contributed by atoms with Gasteiger partial charge in [0.1, 0.15) is 16.4 Å².